The van der Waals surface area contributed by atoms with Crippen molar-refractivity contribution in [3.63, 3.8) is 0 Å². The number of rotatable bonds is 6. The van der Waals surface area contributed by atoms with Gasteiger partial charge < -0.3 is 14.0 Å². The molecule has 3 aromatic rings. The van der Waals surface area contributed by atoms with E-state index in [1.165, 1.54) is 26.4 Å². The van der Waals surface area contributed by atoms with Crippen LogP contribution in [0.5, 0.6) is 11.5 Å². The summed E-state index contributed by atoms with van der Waals surface area (Å²) in [7, 11) is -0.855. The summed E-state index contributed by atoms with van der Waals surface area (Å²) >= 11 is 1.69. The molecule has 0 saturated heterocycles. The predicted octanol–water partition coefficient (Wildman–Crippen LogP) is 3.47. The molecular weight excluding hydrogens is 398 g/mol. The molecule has 2 aromatic carbocycles. The zero-order valence-electron chi connectivity index (χ0n) is 15.4. The molecule has 0 saturated carbocycles. The van der Waals surface area contributed by atoms with Gasteiger partial charge in [0.05, 0.1) is 30.5 Å². The van der Waals surface area contributed by atoms with E-state index in [-0.39, 0.29) is 4.90 Å². The molecule has 9 heteroatoms. The Labute approximate surface area is 167 Å². The monoisotopic (exact) mass is 417 g/mol. The van der Waals surface area contributed by atoms with Crippen molar-refractivity contribution in [1.82, 2.24) is 9.55 Å². The van der Waals surface area contributed by atoms with Gasteiger partial charge in [-0.3, -0.25) is 4.72 Å². The molecule has 0 radical (unpaired) electrons. The number of aryl methyl sites for hydroxylation is 1. The number of hydrogen-bond acceptors (Lipinski definition) is 6. The Morgan fingerprint density at radius 3 is 2.64 bits per heavy atom. The summed E-state index contributed by atoms with van der Waals surface area (Å²) in [5, 5.41) is 0.951. The molecule has 146 valence electrons. The fourth-order valence-electron chi connectivity index (χ4n) is 3.02. The Morgan fingerprint density at radius 2 is 1.89 bits per heavy atom. The van der Waals surface area contributed by atoms with Gasteiger partial charge in [0.2, 0.25) is 0 Å². The maximum absolute atomic E-state index is 13.0. The summed E-state index contributed by atoms with van der Waals surface area (Å²) in [6.07, 6.45) is 1.96. The highest BCUT2D eigenvalue weighted by atomic mass is 32.2. The molecule has 0 fully saturated rings. The van der Waals surface area contributed by atoms with E-state index in [2.05, 4.69) is 14.3 Å². The van der Waals surface area contributed by atoms with Crippen molar-refractivity contribution in [1.29, 1.82) is 0 Å². The first-order valence-corrected chi connectivity index (χ1v) is 11.0. The average molecular weight is 418 g/mol. The van der Waals surface area contributed by atoms with Crippen LogP contribution in [0.25, 0.3) is 11.3 Å². The SMILES string of the molecule is COc1ccc(S(=O)(=O)Nc2ccccc2-c2cn3c(n2)SCC3)cc1OC. The van der Waals surface area contributed by atoms with Crippen LogP contribution in [-0.4, -0.2) is 37.9 Å². The minimum absolute atomic E-state index is 0.0860. The number of anilines is 1. The molecule has 0 atom stereocenters. The number of fused-ring (bicyclic) bond motifs is 1. The lowest BCUT2D eigenvalue weighted by atomic mass is 10.1. The Hall–Kier alpha value is -2.65. The Kier molecular flexibility index (Phi) is 4.94. The number of methoxy groups -OCH3 is 2. The number of ether oxygens (including phenoxy) is 2. The maximum Gasteiger partial charge on any atom is 0.262 e. The Bertz CT molecular complexity index is 1100. The van der Waals surface area contributed by atoms with E-state index < -0.39 is 10.0 Å². The second kappa shape index (κ2) is 7.40. The lowest BCUT2D eigenvalue weighted by molar-refractivity contribution is 0.354. The van der Waals surface area contributed by atoms with Gasteiger partial charge in [-0.25, -0.2) is 13.4 Å². The molecule has 0 aliphatic carbocycles. The van der Waals surface area contributed by atoms with Crippen molar-refractivity contribution in [2.24, 2.45) is 0 Å². The van der Waals surface area contributed by atoms with Gasteiger partial charge in [0.25, 0.3) is 10.0 Å². The van der Waals surface area contributed by atoms with Gasteiger partial charge in [-0.1, -0.05) is 30.0 Å². The highest BCUT2D eigenvalue weighted by Gasteiger charge is 2.21. The van der Waals surface area contributed by atoms with Gasteiger partial charge in [-0.05, 0) is 18.2 Å². The maximum atomic E-state index is 13.0. The lowest BCUT2D eigenvalue weighted by Gasteiger charge is -2.13. The highest BCUT2D eigenvalue weighted by molar-refractivity contribution is 7.99. The van der Waals surface area contributed by atoms with Crippen molar-refractivity contribution in [2.45, 2.75) is 16.6 Å². The summed E-state index contributed by atoms with van der Waals surface area (Å²) in [4.78, 5) is 4.72. The minimum Gasteiger partial charge on any atom is -0.493 e. The fraction of sp³-hybridized carbons (Fsp3) is 0.211. The number of imidazole rings is 1. The van der Waals surface area contributed by atoms with Crippen molar-refractivity contribution in [3.05, 3.63) is 48.7 Å². The standard InChI is InChI=1S/C19H19N3O4S2/c1-25-17-8-7-13(11-18(17)26-2)28(23,24)21-15-6-4-3-5-14(15)16-12-22-9-10-27-19(22)20-16/h3-8,11-12,21H,9-10H2,1-2H3. The number of nitrogens with one attached hydrogen (secondary N) is 1. The van der Waals surface area contributed by atoms with E-state index in [0.29, 0.717) is 17.2 Å². The van der Waals surface area contributed by atoms with Gasteiger partial charge >= 0.3 is 0 Å². The topological polar surface area (TPSA) is 82.5 Å². The fourth-order valence-corrected chi connectivity index (χ4v) is 5.06. The van der Waals surface area contributed by atoms with Crippen LogP contribution in [0.15, 0.2) is 58.7 Å². The normalized spacial score (nSPS) is 13.2. The van der Waals surface area contributed by atoms with Gasteiger partial charge in [0, 0.05) is 30.1 Å². The van der Waals surface area contributed by atoms with Gasteiger partial charge in [0.15, 0.2) is 16.7 Å². The van der Waals surface area contributed by atoms with E-state index in [4.69, 9.17) is 9.47 Å². The third-order valence-corrected chi connectivity index (χ3v) is 6.75. The molecule has 4 rings (SSSR count). The summed E-state index contributed by atoms with van der Waals surface area (Å²) < 4.78 is 41.1. The molecular formula is C19H19N3O4S2. The second-order valence-electron chi connectivity index (χ2n) is 6.12. The molecule has 28 heavy (non-hydrogen) atoms. The van der Waals surface area contributed by atoms with Crippen LogP contribution in [-0.2, 0) is 16.6 Å². The molecule has 1 N–H and O–H groups in total. The zero-order valence-corrected chi connectivity index (χ0v) is 17.0. The van der Waals surface area contributed by atoms with Crippen LogP contribution in [0.1, 0.15) is 0 Å². The predicted molar refractivity (Wildman–Crippen MR) is 109 cm³/mol. The van der Waals surface area contributed by atoms with Crippen LogP contribution in [0.3, 0.4) is 0 Å². The summed E-state index contributed by atoms with van der Waals surface area (Å²) in [6, 6.07) is 11.7. The van der Waals surface area contributed by atoms with Gasteiger partial charge in [-0.15, -0.1) is 0 Å². The largest absolute Gasteiger partial charge is 0.493 e. The molecule has 0 unspecified atom stereocenters. The van der Waals surface area contributed by atoms with Crippen molar-refractivity contribution >= 4 is 27.5 Å². The third-order valence-electron chi connectivity index (χ3n) is 4.42. The summed E-state index contributed by atoms with van der Waals surface area (Å²) in [5.41, 5.74) is 1.95. The van der Waals surface area contributed by atoms with E-state index in [9.17, 15) is 8.42 Å². The van der Waals surface area contributed by atoms with Crippen molar-refractivity contribution in [3.8, 4) is 22.8 Å². The number of aromatic nitrogens is 2. The van der Waals surface area contributed by atoms with E-state index >= 15 is 0 Å². The highest BCUT2D eigenvalue weighted by Crippen LogP contribution is 2.34. The third kappa shape index (κ3) is 3.43. The molecule has 1 aromatic heterocycles. The van der Waals surface area contributed by atoms with Crippen LogP contribution >= 0.6 is 11.8 Å². The number of hydrogen-bond donors (Lipinski definition) is 1. The zero-order chi connectivity index (χ0) is 19.7. The molecule has 7 nitrogen and oxygen atoms in total. The molecule has 0 amide bonds. The van der Waals surface area contributed by atoms with E-state index in [1.54, 1.807) is 30.0 Å². The van der Waals surface area contributed by atoms with Crippen LogP contribution in [0.4, 0.5) is 5.69 Å². The minimum atomic E-state index is -3.82. The Balaban J connectivity index is 1.69. The van der Waals surface area contributed by atoms with Crippen molar-refractivity contribution in [2.75, 3.05) is 24.7 Å². The van der Waals surface area contributed by atoms with Crippen LogP contribution < -0.4 is 14.2 Å². The molecule has 0 spiro atoms. The van der Waals surface area contributed by atoms with E-state index in [0.717, 1.165) is 28.7 Å². The van der Waals surface area contributed by atoms with Gasteiger partial charge in [-0.2, -0.15) is 0 Å². The number of para-hydroxylation sites is 1. The van der Waals surface area contributed by atoms with Crippen LogP contribution in [0, 0.1) is 0 Å². The molecule has 1 aliphatic rings. The number of benzene rings is 2. The number of nitrogens with zero attached hydrogens (tertiary/aromatic N) is 2. The summed E-state index contributed by atoms with van der Waals surface area (Å²) in [6.45, 7) is 0.909. The summed E-state index contributed by atoms with van der Waals surface area (Å²) in [5.74, 6) is 1.82. The van der Waals surface area contributed by atoms with Gasteiger partial charge in [0.1, 0.15) is 0 Å². The van der Waals surface area contributed by atoms with E-state index in [1.807, 2.05) is 18.3 Å². The first-order valence-electron chi connectivity index (χ1n) is 8.56. The Morgan fingerprint density at radius 1 is 1.11 bits per heavy atom. The first kappa shape index (κ1) is 18.7. The molecule has 1 aliphatic heterocycles. The quantitative estimate of drug-likeness (QED) is 0.661. The molecule has 0 bridgehead atoms. The lowest BCUT2D eigenvalue weighted by Crippen LogP contribution is -2.14. The number of sulfonamides is 1. The molecule has 2 heterocycles. The van der Waals surface area contributed by atoms with Crippen LogP contribution in [0.2, 0.25) is 0 Å². The number of thioether (sulfide) groups is 1. The second-order valence-corrected chi connectivity index (χ2v) is 8.86. The van der Waals surface area contributed by atoms with Crippen molar-refractivity contribution < 1.29 is 17.9 Å². The smallest absolute Gasteiger partial charge is 0.262 e. The average Bonchev–Trinajstić information content (AvgIpc) is 3.29. The first-order chi connectivity index (χ1) is 13.5.